The molecule has 1 aromatic carbocycles. The highest BCUT2D eigenvalue weighted by molar-refractivity contribution is 5.95. The van der Waals surface area contributed by atoms with Crippen molar-refractivity contribution >= 4 is 40.6 Å². The molecular weight excluding hydrogens is 585 g/mol. The zero-order valence-electron chi connectivity index (χ0n) is 26.8. The molecule has 0 fully saturated rings. The summed E-state index contributed by atoms with van der Waals surface area (Å²) < 4.78 is 27.8. The number of carbonyl (C=O) groups is 4. The van der Waals surface area contributed by atoms with Crippen LogP contribution in [0.2, 0.25) is 0 Å². The molecule has 1 atom stereocenters. The number of benzene rings is 1. The van der Waals surface area contributed by atoms with Crippen LogP contribution >= 0.6 is 0 Å². The molecule has 0 unspecified atom stereocenters. The van der Waals surface area contributed by atoms with E-state index in [-0.39, 0.29) is 31.0 Å². The standard InChI is InChI=1S/C32H40FN5O7/c1-20-16-22(33)17-21-18-23(38(27(20)21)31(43)45-32(2,3)4)19-37-15-11-12-24(29(37)41)34-28(40)25(44-30(42)36(7)8)13-9-10-14-26(39)35(5)6/h10-12,14-18,25H,9,13,19H2,1-8H3,(H,34,40)/b14-10+/t25-/m0/s1. The van der Waals surface area contributed by atoms with Gasteiger partial charge in [-0.3, -0.25) is 14.4 Å². The van der Waals surface area contributed by atoms with Crippen molar-refractivity contribution in [3.05, 3.63) is 76.1 Å². The summed E-state index contributed by atoms with van der Waals surface area (Å²) in [7, 11) is 6.14. The molecule has 2 aromatic heterocycles. The molecule has 0 aliphatic heterocycles. The molecule has 0 bridgehead atoms. The van der Waals surface area contributed by atoms with Crippen molar-refractivity contribution in [1.29, 1.82) is 0 Å². The number of allylic oxidation sites excluding steroid dienone is 1. The van der Waals surface area contributed by atoms with Crippen LogP contribution in [0.1, 0.15) is 44.9 Å². The van der Waals surface area contributed by atoms with Gasteiger partial charge in [0.25, 0.3) is 11.5 Å². The minimum absolute atomic E-state index is 0.0511. The molecule has 0 saturated heterocycles. The first kappa shape index (κ1) is 34.5. The third-order valence-corrected chi connectivity index (χ3v) is 6.51. The summed E-state index contributed by atoms with van der Waals surface area (Å²) in [5.74, 6) is -1.45. The normalized spacial score (nSPS) is 12.2. The van der Waals surface area contributed by atoms with Crippen LogP contribution in [0.4, 0.5) is 19.7 Å². The largest absolute Gasteiger partial charge is 0.443 e. The monoisotopic (exact) mass is 625 g/mol. The number of nitrogens with one attached hydrogen (secondary N) is 1. The topological polar surface area (TPSA) is 132 Å². The van der Waals surface area contributed by atoms with E-state index in [0.29, 0.717) is 22.2 Å². The molecule has 0 spiro atoms. The smallest absolute Gasteiger partial charge is 0.419 e. The van der Waals surface area contributed by atoms with E-state index in [9.17, 15) is 28.4 Å². The first-order valence-electron chi connectivity index (χ1n) is 14.3. The number of carbonyl (C=O) groups excluding carboxylic acids is 4. The third-order valence-electron chi connectivity index (χ3n) is 6.51. The van der Waals surface area contributed by atoms with Crippen LogP contribution in [0.3, 0.4) is 0 Å². The predicted molar refractivity (Wildman–Crippen MR) is 168 cm³/mol. The Bertz CT molecular complexity index is 1680. The quantitative estimate of drug-likeness (QED) is 0.346. The van der Waals surface area contributed by atoms with Crippen molar-refractivity contribution in [3.63, 3.8) is 0 Å². The molecule has 3 rings (SSSR count). The molecule has 242 valence electrons. The molecule has 0 aliphatic carbocycles. The van der Waals surface area contributed by atoms with Gasteiger partial charge in [0.2, 0.25) is 5.91 Å². The fraction of sp³-hybridized carbons (Fsp3) is 0.406. The van der Waals surface area contributed by atoms with E-state index in [4.69, 9.17) is 9.47 Å². The minimum atomic E-state index is -1.26. The maximum atomic E-state index is 14.3. The zero-order valence-corrected chi connectivity index (χ0v) is 26.8. The van der Waals surface area contributed by atoms with Crippen LogP contribution in [-0.2, 0) is 25.6 Å². The fourth-order valence-corrected chi connectivity index (χ4v) is 4.39. The summed E-state index contributed by atoms with van der Waals surface area (Å²) in [6.45, 7) is 6.74. The predicted octanol–water partition coefficient (Wildman–Crippen LogP) is 4.51. The van der Waals surface area contributed by atoms with Crippen molar-refractivity contribution in [3.8, 4) is 0 Å². The molecule has 0 saturated carbocycles. The Kier molecular flexibility index (Phi) is 10.9. The molecule has 3 amide bonds. The van der Waals surface area contributed by atoms with Gasteiger partial charge in [0.05, 0.1) is 17.8 Å². The average molecular weight is 626 g/mol. The van der Waals surface area contributed by atoms with Crippen molar-refractivity contribution in [2.75, 3.05) is 33.5 Å². The Morgan fingerprint density at radius 1 is 1.07 bits per heavy atom. The summed E-state index contributed by atoms with van der Waals surface area (Å²) in [5.41, 5.74) is -0.183. The van der Waals surface area contributed by atoms with Crippen molar-refractivity contribution < 1.29 is 33.0 Å². The second-order valence-electron chi connectivity index (χ2n) is 11.9. The second kappa shape index (κ2) is 14.2. The van der Waals surface area contributed by atoms with Gasteiger partial charge in [0.15, 0.2) is 6.10 Å². The van der Waals surface area contributed by atoms with Gasteiger partial charge in [-0.05, 0) is 82.5 Å². The van der Waals surface area contributed by atoms with Gasteiger partial charge in [-0.15, -0.1) is 0 Å². The van der Waals surface area contributed by atoms with Crippen molar-refractivity contribution in [1.82, 2.24) is 18.9 Å². The Balaban J connectivity index is 1.92. The number of aromatic nitrogens is 2. The van der Waals surface area contributed by atoms with Gasteiger partial charge >= 0.3 is 12.2 Å². The van der Waals surface area contributed by atoms with Crippen LogP contribution in [0.15, 0.2) is 53.5 Å². The average Bonchev–Trinajstić information content (AvgIpc) is 3.29. The first-order chi connectivity index (χ1) is 21.0. The van der Waals surface area contributed by atoms with Crippen molar-refractivity contribution in [2.24, 2.45) is 0 Å². The summed E-state index contributed by atoms with van der Waals surface area (Å²) in [5, 5.41) is 3.00. The highest BCUT2D eigenvalue weighted by Gasteiger charge is 2.26. The van der Waals surface area contributed by atoms with E-state index in [1.165, 1.54) is 63.5 Å². The SMILES string of the molecule is Cc1cc(F)cc2cc(Cn3cccc(NC(=O)[C@H](CC/C=C/C(=O)N(C)C)OC(=O)N(C)C)c3=O)n(C(=O)OC(C)(C)C)c12. The van der Waals surface area contributed by atoms with E-state index in [1.54, 1.807) is 60.0 Å². The molecular formula is C32H40FN5O7. The molecule has 13 heteroatoms. The lowest BCUT2D eigenvalue weighted by atomic mass is 10.1. The van der Waals surface area contributed by atoms with Crippen molar-refractivity contribution in [2.45, 2.75) is 58.8 Å². The number of hydrogen-bond acceptors (Lipinski definition) is 7. The Morgan fingerprint density at radius 2 is 1.76 bits per heavy atom. The molecule has 0 aliphatic rings. The molecule has 2 heterocycles. The van der Waals surface area contributed by atoms with E-state index in [0.717, 1.165) is 0 Å². The summed E-state index contributed by atoms with van der Waals surface area (Å²) in [4.78, 5) is 66.7. The molecule has 3 aromatic rings. The maximum Gasteiger partial charge on any atom is 0.419 e. The van der Waals surface area contributed by atoms with Crippen LogP contribution < -0.4 is 10.9 Å². The lowest BCUT2D eigenvalue weighted by molar-refractivity contribution is -0.125. The second-order valence-corrected chi connectivity index (χ2v) is 11.9. The van der Waals surface area contributed by atoms with E-state index >= 15 is 0 Å². The van der Waals surface area contributed by atoms with Crippen LogP contribution in [-0.4, -0.2) is 82.8 Å². The highest BCUT2D eigenvalue weighted by Crippen LogP contribution is 2.27. The van der Waals surface area contributed by atoms with Crippen LogP contribution in [0, 0.1) is 12.7 Å². The number of anilines is 1. The summed E-state index contributed by atoms with van der Waals surface area (Å²) >= 11 is 0. The highest BCUT2D eigenvalue weighted by atomic mass is 19.1. The lowest BCUT2D eigenvalue weighted by Crippen LogP contribution is -2.37. The molecule has 12 nitrogen and oxygen atoms in total. The van der Waals surface area contributed by atoms with E-state index in [1.807, 2.05) is 0 Å². The number of rotatable bonds is 9. The summed E-state index contributed by atoms with van der Waals surface area (Å²) in [6.07, 6.45) is 1.99. The number of nitrogens with zero attached hydrogens (tertiary/aromatic N) is 4. The van der Waals surface area contributed by atoms with E-state index < -0.39 is 41.2 Å². The number of pyridine rings is 1. The number of ether oxygens (including phenoxy) is 2. The number of fused-ring (bicyclic) bond motifs is 1. The van der Waals surface area contributed by atoms with Gasteiger partial charge in [0, 0.05) is 39.8 Å². The third kappa shape index (κ3) is 9.03. The Morgan fingerprint density at radius 3 is 2.38 bits per heavy atom. The van der Waals surface area contributed by atoms with Gasteiger partial charge in [-0.1, -0.05) is 6.08 Å². The lowest BCUT2D eigenvalue weighted by Gasteiger charge is -2.21. The summed E-state index contributed by atoms with van der Waals surface area (Å²) in [6, 6.07) is 7.16. The number of aryl methyl sites for hydroxylation is 1. The van der Waals surface area contributed by atoms with Gasteiger partial charge in [-0.2, -0.15) is 0 Å². The van der Waals surface area contributed by atoms with Gasteiger partial charge < -0.3 is 29.2 Å². The Labute approximate surface area is 261 Å². The number of likely N-dealkylation sites (N-methyl/N-ethyl adjacent to an activating group) is 1. The van der Waals surface area contributed by atoms with Gasteiger partial charge in [0.1, 0.15) is 17.1 Å². The molecule has 0 radical (unpaired) electrons. The molecule has 1 N–H and O–H groups in total. The number of hydrogen-bond donors (Lipinski definition) is 1. The van der Waals surface area contributed by atoms with Crippen LogP contribution in [0.25, 0.3) is 10.9 Å². The number of amides is 3. The minimum Gasteiger partial charge on any atom is -0.443 e. The Hall–Kier alpha value is -4.94. The van der Waals surface area contributed by atoms with E-state index in [2.05, 4.69) is 5.32 Å². The molecule has 45 heavy (non-hydrogen) atoms. The zero-order chi connectivity index (χ0) is 33.6. The fourth-order valence-electron chi connectivity index (χ4n) is 4.39. The first-order valence-corrected chi connectivity index (χ1v) is 14.3. The van der Waals surface area contributed by atoms with Crippen LogP contribution in [0.5, 0.6) is 0 Å². The maximum absolute atomic E-state index is 14.3. The van der Waals surface area contributed by atoms with Gasteiger partial charge in [-0.25, -0.2) is 18.5 Å². The number of halogens is 1.